The van der Waals surface area contributed by atoms with Crippen LogP contribution in [-0.2, 0) is 14.3 Å². The molecule has 0 radical (unpaired) electrons. The number of carboxylic acid groups (broad SMARTS) is 1. The van der Waals surface area contributed by atoms with Crippen molar-refractivity contribution in [3.05, 3.63) is 47.6 Å². The van der Waals surface area contributed by atoms with Gasteiger partial charge in [0.15, 0.2) is 0 Å². The summed E-state index contributed by atoms with van der Waals surface area (Å²) >= 11 is 0. The highest BCUT2D eigenvalue weighted by Crippen LogP contribution is 2.15. The van der Waals surface area contributed by atoms with Crippen LogP contribution in [0.1, 0.15) is 18.9 Å². The van der Waals surface area contributed by atoms with Crippen molar-refractivity contribution in [2.45, 2.75) is 13.3 Å². The first kappa shape index (κ1) is 16.5. The summed E-state index contributed by atoms with van der Waals surface area (Å²) in [6.07, 6.45) is 1.66. The molecule has 0 spiro atoms. The highest BCUT2D eigenvalue weighted by Gasteiger charge is 2.10. The molecule has 0 atom stereocenters. The Morgan fingerprint density at radius 2 is 1.90 bits per heavy atom. The molecule has 5 heteroatoms. The van der Waals surface area contributed by atoms with Gasteiger partial charge in [-0.3, -0.25) is 0 Å². The molecule has 1 aromatic rings. The van der Waals surface area contributed by atoms with E-state index in [2.05, 4.69) is 6.58 Å². The van der Waals surface area contributed by atoms with Gasteiger partial charge in [-0.05, 0) is 30.7 Å². The van der Waals surface area contributed by atoms with Crippen LogP contribution in [0.5, 0.6) is 5.75 Å². The molecule has 0 aliphatic rings. The van der Waals surface area contributed by atoms with Gasteiger partial charge in [0.2, 0.25) is 0 Å². The van der Waals surface area contributed by atoms with Crippen molar-refractivity contribution in [3.8, 4) is 5.75 Å². The van der Waals surface area contributed by atoms with E-state index in [4.69, 9.17) is 14.6 Å². The van der Waals surface area contributed by atoms with Gasteiger partial charge in [0, 0.05) is 17.6 Å². The van der Waals surface area contributed by atoms with Crippen LogP contribution in [-0.4, -0.2) is 30.8 Å². The van der Waals surface area contributed by atoms with Crippen LogP contribution < -0.4 is 4.74 Å². The van der Waals surface area contributed by atoms with Crippen LogP contribution in [0.25, 0.3) is 6.08 Å². The number of methoxy groups -OCH3 is 1. The van der Waals surface area contributed by atoms with Gasteiger partial charge in [0.25, 0.3) is 0 Å². The summed E-state index contributed by atoms with van der Waals surface area (Å²) in [5.41, 5.74) is 1.18. The molecule has 0 bridgehead atoms. The molecule has 0 saturated heterocycles. The molecule has 112 valence electrons. The third-order valence-electron chi connectivity index (χ3n) is 2.68. The highest BCUT2D eigenvalue weighted by molar-refractivity contribution is 5.92. The molecule has 5 nitrogen and oxygen atoms in total. The summed E-state index contributed by atoms with van der Waals surface area (Å²) in [6, 6.07) is 6.99. The quantitative estimate of drug-likeness (QED) is 0.617. The van der Waals surface area contributed by atoms with Gasteiger partial charge in [-0.25, -0.2) is 9.59 Å². The smallest absolute Gasteiger partial charge is 0.333 e. The number of aliphatic carboxylic acids is 1. The topological polar surface area (TPSA) is 72.8 Å². The van der Waals surface area contributed by atoms with E-state index in [0.717, 1.165) is 5.56 Å². The Morgan fingerprint density at radius 1 is 1.29 bits per heavy atom. The molecule has 1 aromatic carbocycles. The minimum atomic E-state index is -1.04. The molecule has 0 heterocycles. The number of benzene rings is 1. The van der Waals surface area contributed by atoms with Crippen molar-refractivity contribution >= 4 is 18.0 Å². The van der Waals surface area contributed by atoms with Gasteiger partial charge in [-0.1, -0.05) is 18.7 Å². The van der Waals surface area contributed by atoms with E-state index >= 15 is 0 Å². The fourth-order valence-corrected chi connectivity index (χ4v) is 1.52. The summed E-state index contributed by atoms with van der Waals surface area (Å²) in [5.74, 6) is -0.874. The number of hydrogen-bond donors (Lipinski definition) is 1. The average molecular weight is 290 g/mol. The fourth-order valence-electron chi connectivity index (χ4n) is 1.52. The predicted molar refractivity (Wildman–Crippen MR) is 79.0 cm³/mol. The van der Waals surface area contributed by atoms with Crippen molar-refractivity contribution in [2.75, 3.05) is 13.7 Å². The maximum atomic E-state index is 11.2. The normalized spacial score (nSPS) is 10.9. The lowest BCUT2D eigenvalue weighted by atomic mass is 10.1. The Hall–Kier alpha value is -2.56. The van der Waals surface area contributed by atoms with Crippen LogP contribution in [0, 0.1) is 0 Å². The second kappa shape index (κ2) is 7.89. The van der Waals surface area contributed by atoms with E-state index in [9.17, 15) is 9.59 Å². The fraction of sp³-hybridized carbons (Fsp3) is 0.250. The SMILES string of the molecule is C=C(C)C(=O)OCCC(=Cc1ccc(OC)cc1)C(=O)O. The standard InChI is InChI=1S/C16H18O5/c1-11(2)16(19)21-9-8-13(15(17)18)10-12-4-6-14(20-3)7-5-12/h4-7,10H,1,8-9H2,2-3H3,(H,17,18). The van der Waals surface area contributed by atoms with E-state index in [1.54, 1.807) is 31.4 Å². The number of carbonyl (C=O) groups excluding carboxylic acids is 1. The van der Waals surface area contributed by atoms with Crippen molar-refractivity contribution < 1.29 is 24.2 Å². The van der Waals surface area contributed by atoms with Crippen molar-refractivity contribution in [2.24, 2.45) is 0 Å². The van der Waals surface area contributed by atoms with Gasteiger partial charge in [-0.2, -0.15) is 0 Å². The largest absolute Gasteiger partial charge is 0.497 e. The Morgan fingerprint density at radius 3 is 2.38 bits per heavy atom. The lowest BCUT2D eigenvalue weighted by Gasteiger charge is -2.06. The third kappa shape index (κ3) is 5.52. The second-order valence-electron chi connectivity index (χ2n) is 4.41. The van der Waals surface area contributed by atoms with Gasteiger partial charge in [-0.15, -0.1) is 0 Å². The monoisotopic (exact) mass is 290 g/mol. The van der Waals surface area contributed by atoms with Gasteiger partial charge >= 0.3 is 11.9 Å². The zero-order valence-corrected chi connectivity index (χ0v) is 12.1. The molecule has 1 N–H and O–H groups in total. The Labute approximate surface area is 123 Å². The number of hydrogen-bond acceptors (Lipinski definition) is 4. The molecule has 0 amide bonds. The number of rotatable bonds is 7. The first-order chi connectivity index (χ1) is 9.93. The second-order valence-corrected chi connectivity index (χ2v) is 4.41. The molecule has 1 rings (SSSR count). The zero-order chi connectivity index (χ0) is 15.8. The maximum Gasteiger partial charge on any atom is 0.333 e. The summed E-state index contributed by atoms with van der Waals surface area (Å²) in [6.45, 7) is 4.99. The average Bonchev–Trinajstić information content (AvgIpc) is 2.46. The lowest BCUT2D eigenvalue weighted by molar-refractivity contribution is -0.139. The predicted octanol–water partition coefficient (Wildman–Crippen LogP) is 2.67. The summed E-state index contributed by atoms with van der Waals surface area (Å²) < 4.78 is 9.93. The first-order valence-corrected chi connectivity index (χ1v) is 6.34. The molecule has 0 unspecified atom stereocenters. The molecule has 0 aromatic heterocycles. The van der Waals surface area contributed by atoms with E-state index in [1.807, 2.05) is 0 Å². The van der Waals surface area contributed by atoms with Gasteiger partial charge < -0.3 is 14.6 Å². The van der Waals surface area contributed by atoms with Gasteiger partial charge in [0.05, 0.1) is 13.7 Å². The summed E-state index contributed by atoms with van der Waals surface area (Å²) in [5, 5.41) is 9.16. The minimum Gasteiger partial charge on any atom is -0.497 e. The van der Waals surface area contributed by atoms with Gasteiger partial charge in [0.1, 0.15) is 5.75 Å². The highest BCUT2D eigenvalue weighted by atomic mass is 16.5. The molecule has 0 aliphatic carbocycles. The molecule has 0 saturated carbocycles. The number of ether oxygens (including phenoxy) is 2. The minimum absolute atomic E-state index is 0.0000185. The van der Waals surface area contributed by atoms with E-state index in [-0.39, 0.29) is 24.2 Å². The zero-order valence-electron chi connectivity index (χ0n) is 12.1. The van der Waals surface area contributed by atoms with Crippen LogP contribution in [0.15, 0.2) is 42.0 Å². The van der Waals surface area contributed by atoms with Crippen LogP contribution in [0.4, 0.5) is 0 Å². The van der Waals surface area contributed by atoms with Crippen molar-refractivity contribution in [1.82, 2.24) is 0 Å². The van der Waals surface area contributed by atoms with E-state index < -0.39 is 11.9 Å². The number of esters is 1. The molecular formula is C16H18O5. The van der Waals surface area contributed by atoms with E-state index in [1.165, 1.54) is 13.0 Å². The van der Waals surface area contributed by atoms with E-state index in [0.29, 0.717) is 5.75 Å². The summed E-state index contributed by atoms with van der Waals surface area (Å²) in [4.78, 5) is 22.4. The van der Waals surface area contributed by atoms with Crippen molar-refractivity contribution in [1.29, 1.82) is 0 Å². The Kier molecular flexibility index (Phi) is 6.20. The molecule has 0 aliphatic heterocycles. The maximum absolute atomic E-state index is 11.2. The number of carbonyl (C=O) groups is 2. The Bertz CT molecular complexity index is 555. The molecule has 21 heavy (non-hydrogen) atoms. The first-order valence-electron chi connectivity index (χ1n) is 6.34. The van der Waals surface area contributed by atoms with Crippen LogP contribution >= 0.6 is 0 Å². The van der Waals surface area contributed by atoms with Crippen LogP contribution in [0.2, 0.25) is 0 Å². The molecular weight excluding hydrogens is 272 g/mol. The lowest BCUT2D eigenvalue weighted by Crippen LogP contribution is -2.09. The molecule has 0 fully saturated rings. The van der Waals surface area contributed by atoms with Crippen molar-refractivity contribution in [3.63, 3.8) is 0 Å². The number of carboxylic acids is 1. The van der Waals surface area contributed by atoms with Crippen LogP contribution in [0.3, 0.4) is 0 Å². The summed E-state index contributed by atoms with van der Waals surface area (Å²) in [7, 11) is 1.56. The Balaban J connectivity index is 2.71. The third-order valence-corrected chi connectivity index (χ3v) is 2.68.